The first kappa shape index (κ1) is 12.5. The number of amides is 2. The molecule has 1 atom stereocenters. The van der Waals surface area contributed by atoms with Crippen LogP contribution < -0.4 is 5.32 Å². The molecule has 6 heteroatoms. The number of fused-ring (bicyclic) bond motifs is 1. The monoisotopic (exact) mass is 271 g/mol. The third kappa shape index (κ3) is 2.09. The molecule has 0 aliphatic carbocycles. The Balaban J connectivity index is 2.00. The van der Waals surface area contributed by atoms with E-state index >= 15 is 0 Å². The molecule has 102 valence electrons. The summed E-state index contributed by atoms with van der Waals surface area (Å²) in [5.41, 5.74) is 1.63. The number of nitrogens with zero attached hydrogens (tertiary/aromatic N) is 2. The third-order valence-electron chi connectivity index (χ3n) is 3.49. The van der Waals surface area contributed by atoms with Gasteiger partial charge in [-0.15, -0.1) is 0 Å². The van der Waals surface area contributed by atoms with Crippen LogP contribution >= 0.6 is 0 Å². The van der Waals surface area contributed by atoms with Crippen LogP contribution in [0.25, 0.3) is 10.9 Å². The van der Waals surface area contributed by atoms with E-state index in [9.17, 15) is 14.4 Å². The van der Waals surface area contributed by atoms with Gasteiger partial charge in [0.1, 0.15) is 12.3 Å². The summed E-state index contributed by atoms with van der Waals surface area (Å²) >= 11 is 0. The third-order valence-corrected chi connectivity index (χ3v) is 3.49. The summed E-state index contributed by atoms with van der Waals surface area (Å²) in [6.07, 6.45) is 3.69. The van der Waals surface area contributed by atoms with E-state index in [4.69, 9.17) is 0 Å². The number of aromatic nitrogens is 2. The van der Waals surface area contributed by atoms with E-state index < -0.39 is 6.04 Å². The molecule has 1 aliphatic heterocycles. The summed E-state index contributed by atoms with van der Waals surface area (Å²) in [5.74, 6) is -0.574. The highest BCUT2D eigenvalue weighted by Crippen LogP contribution is 2.23. The van der Waals surface area contributed by atoms with Crippen LogP contribution in [0.1, 0.15) is 24.4 Å². The minimum atomic E-state index is -0.468. The van der Waals surface area contributed by atoms with Crippen LogP contribution in [0.15, 0.2) is 24.4 Å². The summed E-state index contributed by atoms with van der Waals surface area (Å²) < 4.78 is 1.58. The highest BCUT2D eigenvalue weighted by atomic mass is 16.2. The van der Waals surface area contributed by atoms with Crippen LogP contribution in [0.5, 0.6) is 0 Å². The first-order chi connectivity index (χ1) is 9.69. The Hall–Kier alpha value is -2.50. The smallest absolute Gasteiger partial charge is 0.251 e. The number of nitrogens with one attached hydrogen (secondary N) is 1. The van der Waals surface area contributed by atoms with Crippen molar-refractivity contribution in [3.05, 3.63) is 30.0 Å². The lowest BCUT2D eigenvalue weighted by Gasteiger charge is -2.20. The maximum absolute atomic E-state index is 11.8. The first-order valence-electron chi connectivity index (χ1n) is 6.43. The number of hydrogen-bond acceptors (Lipinski definition) is 4. The van der Waals surface area contributed by atoms with Gasteiger partial charge in [0.2, 0.25) is 5.91 Å². The van der Waals surface area contributed by atoms with Crippen LogP contribution in [-0.2, 0) is 20.8 Å². The lowest BCUT2D eigenvalue weighted by molar-refractivity contribution is -0.136. The first-order valence-corrected chi connectivity index (χ1v) is 6.43. The molecule has 1 aromatic heterocycles. The fourth-order valence-electron chi connectivity index (χ4n) is 2.48. The van der Waals surface area contributed by atoms with Crippen molar-refractivity contribution in [3.63, 3.8) is 0 Å². The van der Waals surface area contributed by atoms with E-state index in [0.29, 0.717) is 19.3 Å². The van der Waals surface area contributed by atoms with Gasteiger partial charge in [-0.2, -0.15) is 5.10 Å². The number of piperidine rings is 1. The largest absolute Gasteiger partial charge is 0.303 e. The molecule has 1 unspecified atom stereocenters. The summed E-state index contributed by atoms with van der Waals surface area (Å²) in [4.78, 5) is 33.7. The van der Waals surface area contributed by atoms with Crippen LogP contribution in [-0.4, -0.2) is 27.9 Å². The molecule has 1 saturated heterocycles. The molecule has 20 heavy (non-hydrogen) atoms. The molecular weight excluding hydrogens is 258 g/mol. The summed E-state index contributed by atoms with van der Waals surface area (Å²) in [6, 6.07) is 5.08. The SMILES string of the molecule is O=CCc1cccc2nn(C3CCC(=O)NC3=O)cc12. The maximum atomic E-state index is 11.8. The molecular formula is C14H13N3O3. The Morgan fingerprint density at radius 2 is 2.25 bits per heavy atom. The molecule has 0 radical (unpaired) electrons. The van der Waals surface area contributed by atoms with Crippen molar-refractivity contribution in [1.29, 1.82) is 0 Å². The van der Waals surface area contributed by atoms with Gasteiger partial charge in [0.25, 0.3) is 5.91 Å². The van der Waals surface area contributed by atoms with Crippen molar-refractivity contribution in [3.8, 4) is 0 Å². The summed E-state index contributed by atoms with van der Waals surface area (Å²) in [5, 5.41) is 7.57. The fourth-order valence-corrected chi connectivity index (χ4v) is 2.48. The standard InChI is InChI=1S/C14H13N3O3/c18-7-6-9-2-1-3-11-10(9)8-17(16-11)12-4-5-13(19)15-14(12)20/h1-3,7-8,12H,4-6H2,(H,15,19,20). The van der Waals surface area contributed by atoms with Gasteiger partial charge in [0.05, 0.1) is 5.52 Å². The predicted octanol–water partition coefficient (Wildman–Crippen LogP) is 0.755. The Kier molecular flexibility index (Phi) is 3.06. The van der Waals surface area contributed by atoms with Crippen LogP contribution in [0.3, 0.4) is 0 Å². The Bertz CT molecular complexity index is 705. The molecule has 3 rings (SSSR count). The number of aldehydes is 1. The zero-order valence-corrected chi connectivity index (χ0v) is 10.7. The van der Waals surface area contributed by atoms with Crippen molar-refractivity contribution >= 4 is 29.0 Å². The number of carbonyl (C=O) groups excluding carboxylic acids is 3. The molecule has 1 fully saturated rings. The van der Waals surface area contributed by atoms with Crippen molar-refractivity contribution in [2.24, 2.45) is 0 Å². The Labute approximate surface area is 114 Å². The second-order valence-corrected chi connectivity index (χ2v) is 4.80. The molecule has 2 heterocycles. The molecule has 1 aliphatic rings. The molecule has 2 amide bonds. The van der Waals surface area contributed by atoms with E-state index in [1.807, 2.05) is 18.2 Å². The number of hydrogen-bond donors (Lipinski definition) is 1. The van der Waals surface area contributed by atoms with Gasteiger partial charge in [-0.05, 0) is 18.1 Å². The van der Waals surface area contributed by atoms with Crippen molar-refractivity contribution < 1.29 is 14.4 Å². The highest BCUT2D eigenvalue weighted by Gasteiger charge is 2.28. The molecule has 2 aromatic rings. The lowest BCUT2D eigenvalue weighted by Crippen LogP contribution is -2.41. The fraction of sp³-hybridized carbons (Fsp3) is 0.286. The van der Waals surface area contributed by atoms with Crippen LogP contribution in [0.2, 0.25) is 0 Å². The molecule has 0 saturated carbocycles. The van der Waals surface area contributed by atoms with E-state index in [-0.39, 0.29) is 11.8 Å². The average Bonchev–Trinajstić information content (AvgIpc) is 2.83. The van der Waals surface area contributed by atoms with Crippen molar-refractivity contribution in [1.82, 2.24) is 15.1 Å². The van der Waals surface area contributed by atoms with E-state index in [1.165, 1.54) is 0 Å². The Morgan fingerprint density at radius 1 is 1.40 bits per heavy atom. The van der Waals surface area contributed by atoms with Gasteiger partial charge >= 0.3 is 0 Å². The van der Waals surface area contributed by atoms with Crippen LogP contribution in [0.4, 0.5) is 0 Å². The molecule has 0 bridgehead atoms. The second kappa shape index (κ2) is 4.88. The average molecular weight is 271 g/mol. The van der Waals surface area contributed by atoms with Gasteiger partial charge in [0.15, 0.2) is 0 Å². The van der Waals surface area contributed by atoms with Gasteiger partial charge < -0.3 is 4.79 Å². The molecule has 0 spiro atoms. The minimum Gasteiger partial charge on any atom is -0.303 e. The molecule has 6 nitrogen and oxygen atoms in total. The van der Waals surface area contributed by atoms with E-state index in [2.05, 4.69) is 10.4 Å². The quantitative estimate of drug-likeness (QED) is 0.660. The summed E-state index contributed by atoms with van der Waals surface area (Å²) in [6.45, 7) is 0. The van der Waals surface area contributed by atoms with Gasteiger partial charge in [-0.1, -0.05) is 12.1 Å². The predicted molar refractivity (Wildman–Crippen MR) is 70.9 cm³/mol. The zero-order valence-electron chi connectivity index (χ0n) is 10.7. The number of rotatable bonds is 3. The zero-order chi connectivity index (χ0) is 14.1. The number of imide groups is 1. The lowest BCUT2D eigenvalue weighted by atomic mass is 10.1. The summed E-state index contributed by atoms with van der Waals surface area (Å²) in [7, 11) is 0. The Morgan fingerprint density at radius 3 is 3.00 bits per heavy atom. The molecule has 1 N–H and O–H groups in total. The second-order valence-electron chi connectivity index (χ2n) is 4.80. The maximum Gasteiger partial charge on any atom is 0.251 e. The van der Waals surface area contributed by atoms with E-state index in [1.54, 1.807) is 10.9 Å². The van der Waals surface area contributed by atoms with Gasteiger partial charge in [0, 0.05) is 24.4 Å². The van der Waals surface area contributed by atoms with Crippen molar-refractivity contribution in [2.45, 2.75) is 25.3 Å². The topological polar surface area (TPSA) is 81.1 Å². The molecule has 1 aromatic carbocycles. The highest BCUT2D eigenvalue weighted by molar-refractivity contribution is 5.99. The van der Waals surface area contributed by atoms with Crippen molar-refractivity contribution in [2.75, 3.05) is 0 Å². The number of carbonyl (C=O) groups is 3. The minimum absolute atomic E-state index is 0.246. The van der Waals surface area contributed by atoms with Crippen LogP contribution in [0, 0.1) is 0 Å². The normalized spacial score (nSPS) is 19.1. The van der Waals surface area contributed by atoms with Gasteiger partial charge in [-0.25, -0.2) is 0 Å². The van der Waals surface area contributed by atoms with Gasteiger partial charge in [-0.3, -0.25) is 19.6 Å². The van der Waals surface area contributed by atoms with E-state index in [0.717, 1.165) is 22.8 Å². The number of benzene rings is 1.